The molecular weight excluding hydrogens is 402 g/mol. The van der Waals surface area contributed by atoms with Gasteiger partial charge in [-0.15, -0.1) is 0 Å². The second-order valence-electron chi connectivity index (χ2n) is 8.46. The summed E-state index contributed by atoms with van der Waals surface area (Å²) in [5.41, 5.74) is 6.41. The van der Waals surface area contributed by atoms with Crippen LogP contribution in [0.3, 0.4) is 0 Å². The van der Waals surface area contributed by atoms with E-state index in [4.69, 9.17) is 4.42 Å². The molecule has 0 aliphatic heterocycles. The maximum Gasteiger partial charge on any atom is 0.181 e. The Kier molecular flexibility index (Phi) is 3.88. The van der Waals surface area contributed by atoms with Crippen LogP contribution < -0.4 is 0 Å². The van der Waals surface area contributed by atoms with Gasteiger partial charge in [-0.1, -0.05) is 91.0 Å². The van der Waals surface area contributed by atoms with Gasteiger partial charge in [-0.05, 0) is 72.8 Å². The topological polar surface area (TPSA) is 26.0 Å². The van der Waals surface area contributed by atoms with Crippen LogP contribution in [0.4, 0.5) is 0 Å². The molecule has 0 aliphatic carbocycles. The molecule has 7 aromatic rings. The molecule has 0 radical (unpaired) electrons. The predicted octanol–water partition coefficient (Wildman–Crippen LogP) is 8.62. The molecule has 0 unspecified atom stereocenters. The molecule has 7 rings (SSSR count). The van der Waals surface area contributed by atoms with E-state index in [0.717, 1.165) is 22.2 Å². The zero-order valence-electron chi connectivity index (χ0n) is 17.8. The molecule has 0 bridgehead atoms. The number of hydrogen-bond acceptors (Lipinski definition) is 2. The molecule has 2 heteroatoms. The van der Waals surface area contributed by atoms with Gasteiger partial charge in [-0.25, -0.2) is 4.98 Å². The highest BCUT2D eigenvalue weighted by molar-refractivity contribution is 6.25. The Labute approximate surface area is 190 Å². The average molecular weight is 421 g/mol. The molecule has 0 N–H and O–H groups in total. The molecule has 0 saturated carbocycles. The first-order chi connectivity index (χ1) is 16.3. The smallest absolute Gasteiger partial charge is 0.181 e. The van der Waals surface area contributed by atoms with Crippen molar-refractivity contribution in [2.75, 3.05) is 0 Å². The summed E-state index contributed by atoms with van der Waals surface area (Å²) in [6.07, 6.45) is 1.49. The van der Waals surface area contributed by atoms with Crippen molar-refractivity contribution >= 4 is 43.4 Å². The first kappa shape index (κ1) is 18.2. The van der Waals surface area contributed by atoms with Crippen molar-refractivity contribution in [1.82, 2.24) is 4.98 Å². The van der Waals surface area contributed by atoms with Crippen LogP contribution in [0.15, 0.2) is 120 Å². The number of benzene rings is 6. The summed E-state index contributed by atoms with van der Waals surface area (Å²) in [5, 5.41) is 7.80. The van der Waals surface area contributed by atoms with Crippen molar-refractivity contribution in [3.8, 4) is 22.3 Å². The molecule has 33 heavy (non-hydrogen) atoms. The fourth-order valence-electron chi connectivity index (χ4n) is 4.98. The van der Waals surface area contributed by atoms with Crippen LogP contribution in [0, 0.1) is 0 Å². The minimum absolute atomic E-state index is 0.810. The van der Waals surface area contributed by atoms with E-state index in [-0.39, 0.29) is 0 Å². The van der Waals surface area contributed by atoms with Crippen molar-refractivity contribution in [1.29, 1.82) is 0 Å². The van der Waals surface area contributed by atoms with Crippen LogP contribution in [0.5, 0.6) is 0 Å². The molecule has 1 aromatic heterocycles. The van der Waals surface area contributed by atoms with E-state index in [2.05, 4.69) is 102 Å². The van der Waals surface area contributed by atoms with Crippen LogP contribution in [0.1, 0.15) is 0 Å². The number of oxazole rings is 1. The van der Waals surface area contributed by atoms with Gasteiger partial charge < -0.3 is 4.42 Å². The lowest BCUT2D eigenvalue weighted by molar-refractivity contribution is 0.602. The van der Waals surface area contributed by atoms with Crippen molar-refractivity contribution in [2.24, 2.45) is 0 Å². The van der Waals surface area contributed by atoms with Crippen LogP contribution in [0.25, 0.3) is 65.7 Å². The molecule has 2 nitrogen and oxygen atoms in total. The highest BCUT2D eigenvalue weighted by Crippen LogP contribution is 2.37. The minimum Gasteiger partial charge on any atom is -0.443 e. The second kappa shape index (κ2) is 7.04. The van der Waals surface area contributed by atoms with E-state index < -0.39 is 0 Å². The fraction of sp³-hybridized carbons (Fsp3) is 0. The number of rotatable bonds is 2. The Balaban J connectivity index is 1.37. The maximum atomic E-state index is 5.47. The maximum absolute atomic E-state index is 5.47. The Morgan fingerprint density at radius 2 is 0.909 bits per heavy atom. The average Bonchev–Trinajstić information content (AvgIpc) is 3.37. The fourth-order valence-corrected chi connectivity index (χ4v) is 4.98. The van der Waals surface area contributed by atoms with Crippen molar-refractivity contribution < 1.29 is 4.42 Å². The number of hydrogen-bond donors (Lipinski definition) is 0. The third-order valence-electron chi connectivity index (χ3n) is 6.63. The second-order valence-corrected chi connectivity index (χ2v) is 8.46. The van der Waals surface area contributed by atoms with Gasteiger partial charge in [0.1, 0.15) is 5.52 Å². The number of aromatic nitrogens is 1. The van der Waals surface area contributed by atoms with Crippen LogP contribution in [0.2, 0.25) is 0 Å². The summed E-state index contributed by atoms with van der Waals surface area (Å²) in [6, 6.07) is 39.1. The highest BCUT2D eigenvalue weighted by Gasteiger charge is 2.10. The number of fused-ring (bicyclic) bond motifs is 7. The molecule has 0 fully saturated rings. The van der Waals surface area contributed by atoms with Gasteiger partial charge in [0.05, 0.1) is 0 Å². The lowest BCUT2D eigenvalue weighted by Gasteiger charge is -2.12. The predicted molar refractivity (Wildman–Crippen MR) is 137 cm³/mol. The summed E-state index contributed by atoms with van der Waals surface area (Å²) in [5.74, 6) is 0. The van der Waals surface area contributed by atoms with E-state index in [1.807, 2.05) is 12.1 Å². The Morgan fingerprint density at radius 3 is 1.55 bits per heavy atom. The summed E-state index contributed by atoms with van der Waals surface area (Å²) in [7, 11) is 0. The molecule has 0 spiro atoms. The van der Waals surface area contributed by atoms with Gasteiger partial charge in [0.25, 0.3) is 0 Å². The molecule has 0 amide bonds. The van der Waals surface area contributed by atoms with Crippen molar-refractivity contribution in [3.05, 3.63) is 116 Å². The van der Waals surface area contributed by atoms with Gasteiger partial charge in [-0.3, -0.25) is 0 Å². The van der Waals surface area contributed by atoms with Gasteiger partial charge in [0.15, 0.2) is 12.0 Å². The molecule has 0 atom stereocenters. The molecule has 1 heterocycles. The molecule has 0 saturated heterocycles. The van der Waals surface area contributed by atoms with Gasteiger partial charge >= 0.3 is 0 Å². The quantitative estimate of drug-likeness (QED) is 0.261. The number of nitrogens with zero attached hydrogens (tertiary/aromatic N) is 1. The SMILES string of the molecule is c1ccc2c(c1)c1ccccc1c1cc(-c3ccc(-c4ccc5ncoc5c4)cc3)ccc21. The van der Waals surface area contributed by atoms with Gasteiger partial charge in [0, 0.05) is 0 Å². The van der Waals surface area contributed by atoms with E-state index in [0.29, 0.717) is 0 Å². The lowest BCUT2D eigenvalue weighted by atomic mass is 9.92. The minimum atomic E-state index is 0.810. The van der Waals surface area contributed by atoms with E-state index in [1.165, 1.54) is 49.8 Å². The summed E-state index contributed by atoms with van der Waals surface area (Å²) < 4.78 is 5.47. The van der Waals surface area contributed by atoms with Crippen LogP contribution >= 0.6 is 0 Å². The van der Waals surface area contributed by atoms with Gasteiger partial charge in [0.2, 0.25) is 0 Å². The first-order valence-electron chi connectivity index (χ1n) is 11.1. The Bertz CT molecular complexity index is 1770. The summed E-state index contributed by atoms with van der Waals surface area (Å²) in [6.45, 7) is 0. The van der Waals surface area contributed by atoms with Crippen LogP contribution in [-0.2, 0) is 0 Å². The monoisotopic (exact) mass is 421 g/mol. The zero-order valence-corrected chi connectivity index (χ0v) is 17.8. The third-order valence-corrected chi connectivity index (χ3v) is 6.63. The highest BCUT2D eigenvalue weighted by atomic mass is 16.3. The van der Waals surface area contributed by atoms with Crippen molar-refractivity contribution in [2.45, 2.75) is 0 Å². The molecule has 154 valence electrons. The Morgan fingerprint density at radius 1 is 0.424 bits per heavy atom. The summed E-state index contributed by atoms with van der Waals surface area (Å²) in [4.78, 5) is 4.21. The lowest BCUT2D eigenvalue weighted by Crippen LogP contribution is -1.85. The van der Waals surface area contributed by atoms with E-state index in [1.54, 1.807) is 0 Å². The normalized spacial score (nSPS) is 11.6. The van der Waals surface area contributed by atoms with Crippen LogP contribution in [-0.4, -0.2) is 4.98 Å². The summed E-state index contributed by atoms with van der Waals surface area (Å²) >= 11 is 0. The largest absolute Gasteiger partial charge is 0.443 e. The zero-order chi connectivity index (χ0) is 21.8. The first-order valence-corrected chi connectivity index (χ1v) is 11.1. The van der Waals surface area contributed by atoms with Crippen molar-refractivity contribution in [3.63, 3.8) is 0 Å². The third kappa shape index (κ3) is 2.85. The molecule has 0 aliphatic rings. The standard InChI is InChI=1S/C31H19NO/c1-2-7-26-24(5-1)25-6-3-4-8-27(25)29-17-22(13-15-28(26)29)20-9-11-21(12-10-20)23-14-16-30-31(18-23)33-19-32-30/h1-19H. The molecule has 6 aromatic carbocycles. The Hall–Kier alpha value is -4.43. The van der Waals surface area contributed by atoms with E-state index in [9.17, 15) is 0 Å². The molecular formula is C31H19NO. The van der Waals surface area contributed by atoms with Gasteiger partial charge in [-0.2, -0.15) is 0 Å². The van der Waals surface area contributed by atoms with E-state index >= 15 is 0 Å².